The molecule has 3 heterocycles. The minimum atomic E-state index is 0.465. The molecule has 6 heteroatoms. The Bertz CT molecular complexity index is 840. The van der Waals surface area contributed by atoms with Gasteiger partial charge in [-0.05, 0) is 50.6 Å². The standard InChI is InChI=1S/C19H22N4OS/c1-2-24-15-5-3-13(4-6-15)16-11-25-19-17(16)18(21-12-22-19)23-14-7-9-20-10-8-14/h3-6,11-12,14,20H,2,7-10H2,1H3,(H,21,22,23). The molecule has 1 aromatic carbocycles. The second kappa shape index (κ2) is 7.37. The van der Waals surface area contributed by atoms with Crippen LogP contribution in [0.2, 0.25) is 0 Å². The lowest BCUT2D eigenvalue weighted by Gasteiger charge is -2.24. The number of thiophene rings is 1. The van der Waals surface area contributed by atoms with Crippen molar-refractivity contribution >= 4 is 27.4 Å². The molecule has 1 saturated heterocycles. The maximum absolute atomic E-state index is 5.55. The van der Waals surface area contributed by atoms with Crippen molar-refractivity contribution in [1.29, 1.82) is 0 Å². The number of aromatic nitrogens is 2. The fraction of sp³-hybridized carbons (Fsp3) is 0.368. The van der Waals surface area contributed by atoms with Gasteiger partial charge >= 0.3 is 0 Å². The number of piperidine rings is 1. The van der Waals surface area contributed by atoms with Crippen LogP contribution in [-0.4, -0.2) is 35.7 Å². The van der Waals surface area contributed by atoms with Crippen LogP contribution in [0, 0.1) is 0 Å². The van der Waals surface area contributed by atoms with E-state index in [1.807, 2.05) is 19.1 Å². The van der Waals surface area contributed by atoms with Crippen molar-refractivity contribution in [1.82, 2.24) is 15.3 Å². The number of hydrogen-bond donors (Lipinski definition) is 2. The van der Waals surface area contributed by atoms with Gasteiger partial charge in [0, 0.05) is 17.0 Å². The molecule has 0 bridgehead atoms. The number of anilines is 1. The van der Waals surface area contributed by atoms with Gasteiger partial charge in [0.25, 0.3) is 0 Å². The highest BCUT2D eigenvalue weighted by Crippen LogP contribution is 2.37. The Morgan fingerprint density at radius 3 is 2.76 bits per heavy atom. The van der Waals surface area contributed by atoms with E-state index in [1.165, 1.54) is 5.56 Å². The number of fused-ring (bicyclic) bond motifs is 1. The molecular formula is C19H22N4OS. The third-order valence-electron chi connectivity index (χ3n) is 4.53. The average molecular weight is 354 g/mol. The van der Waals surface area contributed by atoms with Crippen molar-refractivity contribution in [3.63, 3.8) is 0 Å². The topological polar surface area (TPSA) is 59.1 Å². The molecule has 25 heavy (non-hydrogen) atoms. The highest BCUT2D eigenvalue weighted by atomic mass is 32.1. The van der Waals surface area contributed by atoms with Crippen molar-refractivity contribution in [3.8, 4) is 16.9 Å². The summed E-state index contributed by atoms with van der Waals surface area (Å²) in [5.41, 5.74) is 2.35. The highest BCUT2D eigenvalue weighted by Gasteiger charge is 2.18. The third-order valence-corrected chi connectivity index (χ3v) is 5.41. The van der Waals surface area contributed by atoms with E-state index in [4.69, 9.17) is 4.74 Å². The van der Waals surface area contributed by atoms with E-state index in [-0.39, 0.29) is 0 Å². The van der Waals surface area contributed by atoms with Crippen molar-refractivity contribution in [2.24, 2.45) is 0 Å². The Labute approximate surface area is 151 Å². The molecule has 0 amide bonds. The van der Waals surface area contributed by atoms with Crippen LogP contribution in [0.15, 0.2) is 36.0 Å². The lowest BCUT2D eigenvalue weighted by molar-refractivity contribution is 0.340. The van der Waals surface area contributed by atoms with Crippen LogP contribution in [0.5, 0.6) is 5.75 Å². The Morgan fingerprint density at radius 1 is 1.20 bits per heavy atom. The molecule has 5 nitrogen and oxygen atoms in total. The molecule has 0 radical (unpaired) electrons. The first-order valence-corrected chi connectivity index (χ1v) is 9.66. The van der Waals surface area contributed by atoms with E-state index in [1.54, 1.807) is 17.7 Å². The zero-order valence-electron chi connectivity index (χ0n) is 14.3. The zero-order valence-corrected chi connectivity index (χ0v) is 15.1. The van der Waals surface area contributed by atoms with Gasteiger partial charge in [-0.15, -0.1) is 11.3 Å². The summed E-state index contributed by atoms with van der Waals surface area (Å²) in [5.74, 6) is 1.84. The van der Waals surface area contributed by atoms with E-state index < -0.39 is 0 Å². The number of benzene rings is 1. The fourth-order valence-corrected chi connectivity index (χ4v) is 4.17. The van der Waals surface area contributed by atoms with E-state index in [2.05, 4.69) is 38.1 Å². The normalized spacial score (nSPS) is 15.4. The van der Waals surface area contributed by atoms with Crippen LogP contribution in [0.4, 0.5) is 5.82 Å². The van der Waals surface area contributed by atoms with Crippen molar-refractivity contribution < 1.29 is 4.74 Å². The molecule has 2 N–H and O–H groups in total. The Hall–Kier alpha value is -2.18. The van der Waals surface area contributed by atoms with Crippen molar-refractivity contribution in [2.75, 3.05) is 25.0 Å². The molecule has 0 saturated carbocycles. The molecule has 0 atom stereocenters. The van der Waals surface area contributed by atoms with Crippen LogP contribution in [-0.2, 0) is 0 Å². The molecule has 1 fully saturated rings. The molecule has 0 spiro atoms. The Balaban J connectivity index is 1.69. The van der Waals surface area contributed by atoms with E-state index >= 15 is 0 Å². The summed E-state index contributed by atoms with van der Waals surface area (Å²) in [4.78, 5) is 10.0. The molecule has 2 aromatic heterocycles. The van der Waals surface area contributed by atoms with Gasteiger partial charge in [-0.3, -0.25) is 0 Å². The summed E-state index contributed by atoms with van der Waals surface area (Å²) >= 11 is 1.66. The van der Waals surface area contributed by atoms with Gasteiger partial charge in [0.2, 0.25) is 0 Å². The Morgan fingerprint density at radius 2 is 2.00 bits per heavy atom. The number of nitrogens with one attached hydrogen (secondary N) is 2. The number of hydrogen-bond acceptors (Lipinski definition) is 6. The van der Waals surface area contributed by atoms with E-state index in [0.717, 1.165) is 53.3 Å². The predicted molar refractivity (Wildman–Crippen MR) is 104 cm³/mol. The van der Waals surface area contributed by atoms with Gasteiger partial charge < -0.3 is 15.4 Å². The molecule has 4 rings (SSSR count). The lowest BCUT2D eigenvalue weighted by Crippen LogP contribution is -2.35. The number of nitrogens with zero attached hydrogens (tertiary/aromatic N) is 2. The predicted octanol–water partition coefficient (Wildman–Crippen LogP) is 3.92. The van der Waals surface area contributed by atoms with Gasteiger partial charge in [-0.2, -0.15) is 0 Å². The first kappa shape index (κ1) is 16.3. The van der Waals surface area contributed by atoms with E-state index in [0.29, 0.717) is 12.6 Å². The summed E-state index contributed by atoms with van der Waals surface area (Å²) in [6, 6.07) is 8.71. The quantitative estimate of drug-likeness (QED) is 0.727. The summed E-state index contributed by atoms with van der Waals surface area (Å²) in [6.45, 7) is 4.79. The van der Waals surface area contributed by atoms with Crippen LogP contribution in [0.1, 0.15) is 19.8 Å². The summed E-state index contributed by atoms with van der Waals surface area (Å²) in [7, 11) is 0. The van der Waals surface area contributed by atoms with Crippen LogP contribution >= 0.6 is 11.3 Å². The average Bonchev–Trinajstić information content (AvgIpc) is 3.09. The van der Waals surface area contributed by atoms with Crippen molar-refractivity contribution in [2.45, 2.75) is 25.8 Å². The van der Waals surface area contributed by atoms with Crippen LogP contribution < -0.4 is 15.4 Å². The Kier molecular flexibility index (Phi) is 4.81. The first-order chi connectivity index (χ1) is 12.3. The maximum Gasteiger partial charge on any atom is 0.139 e. The van der Waals surface area contributed by atoms with Crippen LogP contribution in [0.25, 0.3) is 21.3 Å². The van der Waals surface area contributed by atoms with Gasteiger partial charge in [0.05, 0.1) is 12.0 Å². The number of rotatable bonds is 5. The molecule has 0 aliphatic carbocycles. The molecule has 0 unspecified atom stereocenters. The molecule has 3 aromatic rings. The maximum atomic E-state index is 5.55. The first-order valence-electron chi connectivity index (χ1n) is 8.78. The fourth-order valence-electron chi connectivity index (χ4n) is 3.25. The molecule has 1 aliphatic heterocycles. The van der Waals surface area contributed by atoms with Gasteiger partial charge in [-0.25, -0.2) is 9.97 Å². The van der Waals surface area contributed by atoms with Gasteiger partial charge in [-0.1, -0.05) is 12.1 Å². The van der Waals surface area contributed by atoms with Crippen LogP contribution in [0.3, 0.4) is 0 Å². The highest BCUT2D eigenvalue weighted by molar-refractivity contribution is 7.17. The number of ether oxygens (including phenoxy) is 1. The SMILES string of the molecule is CCOc1ccc(-c2csc3ncnc(NC4CCNCC4)c23)cc1. The van der Waals surface area contributed by atoms with Gasteiger partial charge in [0.15, 0.2) is 0 Å². The lowest BCUT2D eigenvalue weighted by atomic mass is 10.0. The monoisotopic (exact) mass is 354 g/mol. The zero-order chi connectivity index (χ0) is 17.1. The smallest absolute Gasteiger partial charge is 0.139 e. The minimum Gasteiger partial charge on any atom is -0.494 e. The molecule has 1 aliphatic rings. The van der Waals surface area contributed by atoms with E-state index in [9.17, 15) is 0 Å². The minimum absolute atomic E-state index is 0.465. The third kappa shape index (κ3) is 3.45. The summed E-state index contributed by atoms with van der Waals surface area (Å²) in [6.07, 6.45) is 3.90. The largest absolute Gasteiger partial charge is 0.494 e. The second-order valence-corrected chi connectivity index (χ2v) is 7.04. The second-order valence-electron chi connectivity index (χ2n) is 6.18. The van der Waals surface area contributed by atoms with Crippen molar-refractivity contribution in [3.05, 3.63) is 36.0 Å². The summed E-state index contributed by atoms with van der Waals surface area (Å²) < 4.78 is 5.55. The molecule has 130 valence electrons. The molecular weight excluding hydrogens is 332 g/mol. The van der Waals surface area contributed by atoms with Gasteiger partial charge in [0.1, 0.15) is 22.7 Å². The summed E-state index contributed by atoms with van der Waals surface area (Å²) in [5, 5.41) is 10.3.